The van der Waals surface area contributed by atoms with Crippen LogP contribution in [-0.2, 0) is 17.8 Å². The molecule has 1 aromatic carbocycles. The molecule has 0 aliphatic heterocycles. The lowest BCUT2D eigenvalue weighted by Crippen LogP contribution is -2.36. The SMILES string of the molecule is CC(C)Cc1ccc(CNC2CCCC(C(=O)O)C2)cc1. The second kappa shape index (κ2) is 7.60. The highest BCUT2D eigenvalue weighted by molar-refractivity contribution is 5.70. The fourth-order valence-corrected chi connectivity index (χ4v) is 3.13. The molecular weight excluding hydrogens is 262 g/mol. The molecule has 0 bridgehead atoms. The van der Waals surface area contributed by atoms with E-state index in [0.717, 1.165) is 38.6 Å². The second-order valence-electron chi connectivity index (χ2n) is 6.69. The van der Waals surface area contributed by atoms with Gasteiger partial charge in [-0.05, 0) is 42.7 Å². The minimum atomic E-state index is -0.639. The number of benzene rings is 1. The van der Waals surface area contributed by atoms with Crippen LogP contribution in [-0.4, -0.2) is 17.1 Å². The van der Waals surface area contributed by atoms with Gasteiger partial charge in [-0.25, -0.2) is 0 Å². The lowest BCUT2D eigenvalue weighted by atomic mass is 9.86. The Morgan fingerprint density at radius 2 is 1.90 bits per heavy atom. The molecule has 1 aliphatic rings. The zero-order valence-electron chi connectivity index (χ0n) is 13.1. The summed E-state index contributed by atoms with van der Waals surface area (Å²) in [4.78, 5) is 11.1. The van der Waals surface area contributed by atoms with Gasteiger partial charge >= 0.3 is 5.97 Å². The molecule has 0 aromatic heterocycles. The molecule has 1 saturated carbocycles. The van der Waals surface area contributed by atoms with E-state index in [1.165, 1.54) is 11.1 Å². The summed E-state index contributed by atoms with van der Waals surface area (Å²) in [5.41, 5.74) is 2.66. The van der Waals surface area contributed by atoms with E-state index in [9.17, 15) is 4.79 Å². The van der Waals surface area contributed by atoms with Crippen LogP contribution in [0, 0.1) is 11.8 Å². The second-order valence-corrected chi connectivity index (χ2v) is 6.69. The Bertz CT molecular complexity index is 453. The predicted octanol–water partition coefficient (Wildman–Crippen LogP) is 3.62. The first-order valence-corrected chi connectivity index (χ1v) is 8.08. The van der Waals surface area contributed by atoms with Crippen molar-refractivity contribution >= 4 is 5.97 Å². The van der Waals surface area contributed by atoms with Crippen molar-refractivity contribution in [3.05, 3.63) is 35.4 Å². The number of aliphatic carboxylic acids is 1. The van der Waals surface area contributed by atoms with Crippen molar-refractivity contribution in [1.29, 1.82) is 0 Å². The van der Waals surface area contributed by atoms with Crippen molar-refractivity contribution in [3.8, 4) is 0 Å². The highest BCUT2D eigenvalue weighted by Gasteiger charge is 2.26. The summed E-state index contributed by atoms with van der Waals surface area (Å²) in [6.45, 7) is 5.30. The van der Waals surface area contributed by atoms with Crippen molar-refractivity contribution in [1.82, 2.24) is 5.32 Å². The lowest BCUT2D eigenvalue weighted by Gasteiger charge is -2.27. The molecule has 2 rings (SSSR count). The van der Waals surface area contributed by atoms with Crippen LogP contribution in [0.2, 0.25) is 0 Å². The van der Waals surface area contributed by atoms with Crippen LogP contribution in [0.15, 0.2) is 24.3 Å². The fourth-order valence-electron chi connectivity index (χ4n) is 3.13. The average molecular weight is 289 g/mol. The molecule has 1 aliphatic carbocycles. The molecule has 2 unspecified atom stereocenters. The molecule has 0 saturated heterocycles. The molecular formula is C18H27NO2. The molecule has 21 heavy (non-hydrogen) atoms. The summed E-state index contributed by atoms with van der Waals surface area (Å²) >= 11 is 0. The van der Waals surface area contributed by atoms with Crippen LogP contribution < -0.4 is 5.32 Å². The van der Waals surface area contributed by atoms with Crippen LogP contribution in [0.25, 0.3) is 0 Å². The van der Waals surface area contributed by atoms with Gasteiger partial charge in [0.25, 0.3) is 0 Å². The summed E-state index contributed by atoms with van der Waals surface area (Å²) in [6.07, 6.45) is 4.83. The minimum Gasteiger partial charge on any atom is -0.481 e. The smallest absolute Gasteiger partial charge is 0.306 e. The first kappa shape index (κ1) is 16.0. The third-order valence-corrected chi connectivity index (χ3v) is 4.29. The Balaban J connectivity index is 1.81. The van der Waals surface area contributed by atoms with Gasteiger partial charge < -0.3 is 10.4 Å². The zero-order valence-corrected chi connectivity index (χ0v) is 13.1. The number of rotatable bonds is 6. The molecule has 0 spiro atoms. The van der Waals surface area contributed by atoms with Gasteiger partial charge in [0.05, 0.1) is 5.92 Å². The summed E-state index contributed by atoms with van der Waals surface area (Å²) in [5.74, 6) is -0.117. The number of hydrogen-bond acceptors (Lipinski definition) is 2. The van der Waals surface area contributed by atoms with Gasteiger partial charge in [0.2, 0.25) is 0 Å². The van der Waals surface area contributed by atoms with Crippen LogP contribution in [0.4, 0.5) is 0 Å². The van der Waals surface area contributed by atoms with Crippen molar-refractivity contribution in [2.75, 3.05) is 0 Å². The van der Waals surface area contributed by atoms with E-state index in [2.05, 4.69) is 43.4 Å². The standard InChI is InChI=1S/C18H27NO2/c1-13(2)10-14-6-8-15(9-7-14)12-19-17-5-3-4-16(11-17)18(20)21/h6-9,13,16-17,19H,3-5,10-12H2,1-2H3,(H,20,21). The van der Waals surface area contributed by atoms with Gasteiger partial charge in [-0.2, -0.15) is 0 Å². The Labute approximate surface area is 127 Å². The fraction of sp³-hybridized carbons (Fsp3) is 0.611. The predicted molar refractivity (Wildman–Crippen MR) is 85.2 cm³/mol. The summed E-state index contributed by atoms with van der Waals surface area (Å²) in [5, 5.41) is 12.6. The van der Waals surface area contributed by atoms with Gasteiger partial charge in [-0.3, -0.25) is 4.79 Å². The van der Waals surface area contributed by atoms with Gasteiger partial charge in [0.1, 0.15) is 0 Å². The molecule has 116 valence electrons. The van der Waals surface area contributed by atoms with Crippen LogP contribution in [0.1, 0.15) is 50.7 Å². The lowest BCUT2D eigenvalue weighted by molar-refractivity contribution is -0.143. The molecule has 1 fully saturated rings. The number of hydrogen-bond donors (Lipinski definition) is 2. The van der Waals surface area contributed by atoms with Gasteiger partial charge in [0, 0.05) is 12.6 Å². The topological polar surface area (TPSA) is 49.3 Å². The Hall–Kier alpha value is -1.35. The molecule has 0 heterocycles. The maximum absolute atomic E-state index is 11.1. The van der Waals surface area contributed by atoms with E-state index >= 15 is 0 Å². The number of carboxylic acid groups (broad SMARTS) is 1. The maximum Gasteiger partial charge on any atom is 0.306 e. The first-order chi connectivity index (χ1) is 10.0. The van der Waals surface area contributed by atoms with E-state index in [-0.39, 0.29) is 5.92 Å². The highest BCUT2D eigenvalue weighted by Crippen LogP contribution is 2.24. The monoisotopic (exact) mass is 289 g/mol. The number of carboxylic acids is 1. The summed E-state index contributed by atoms with van der Waals surface area (Å²) in [6, 6.07) is 9.12. The maximum atomic E-state index is 11.1. The molecule has 0 radical (unpaired) electrons. The van der Waals surface area contributed by atoms with Gasteiger partial charge in [-0.15, -0.1) is 0 Å². The molecule has 1 aromatic rings. The van der Waals surface area contributed by atoms with Crippen LogP contribution in [0.5, 0.6) is 0 Å². The Kier molecular flexibility index (Phi) is 5.80. The molecule has 2 N–H and O–H groups in total. The number of nitrogens with one attached hydrogen (secondary N) is 1. The third kappa shape index (κ3) is 5.16. The first-order valence-electron chi connectivity index (χ1n) is 8.08. The van der Waals surface area contributed by atoms with Crippen molar-refractivity contribution in [3.63, 3.8) is 0 Å². The molecule has 0 amide bonds. The van der Waals surface area contributed by atoms with Crippen LogP contribution in [0.3, 0.4) is 0 Å². The quantitative estimate of drug-likeness (QED) is 0.841. The average Bonchev–Trinajstić information content (AvgIpc) is 2.46. The largest absolute Gasteiger partial charge is 0.481 e. The minimum absolute atomic E-state index is 0.162. The van der Waals surface area contributed by atoms with Crippen molar-refractivity contribution in [2.45, 2.75) is 58.5 Å². The number of carbonyl (C=O) groups is 1. The molecule has 3 nitrogen and oxygen atoms in total. The van der Waals surface area contributed by atoms with Crippen LogP contribution >= 0.6 is 0 Å². The van der Waals surface area contributed by atoms with E-state index in [1.54, 1.807) is 0 Å². The summed E-state index contributed by atoms with van der Waals surface area (Å²) in [7, 11) is 0. The normalized spacial score (nSPS) is 22.4. The van der Waals surface area contributed by atoms with E-state index in [1.807, 2.05) is 0 Å². The van der Waals surface area contributed by atoms with E-state index in [0.29, 0.717) is 12.0 Å². The third-order valence-electron chi connectivity index (χ3n) is 4.29. The van der Waals surface area contributed by atoms with E-state index < -0.39 is 5.97 Å². The summed E-state index contributed by atoms with van der Waals surface area (Å²) < 4.78 is 0. The van der Waals surface area contributed by atoms with E-state index in [4.69, 9.17) is 5.11 Å². The Morgan fingerprint density at radius 3 is 2.52 bits per heavy atom. The van der Waals surface area contributed by atoms with Gasteiger partial charge in [0.15, 0.2) is 0 Å². The van der Waals surface area contributed by atoms with Crippen molar-refractivity contribution < 1.29 is 9.90 Å². The Morgan fingerprint density at radius 1 is 1.24 bits per heavy atom. The van der Waals surface area contributed by atoms with Crippen molar-refractivity contribution in [2.24, 2.45) is 11.8 Å². The molecule has 2 atom stereocenters. The highest BCUT2D eigenvalue weighted by atomic mass is 16.4. The van der Waals surface area contributed by atoms with Gasteiger partial charge in [-0.1, -0.05) is 44.5 Å². The molecule has 3 heteroatoms. The zero-order chi connectivity index (χ0) is 15.2.